The van der Waals surface area contributed by atoms with E-state index in [0.29, 0.717) is 5.82 Å². The minimum atomic E-state index is -3.16. The molecule has 0 aromatic carbocycles. The number of hydrogen-bond donors (Lipinski definition) is 1. The number of hydrogen-bond acceptors (Lipinski definition) is 5. The molecule has 0 atom stereocenters. The third-order valence-electron chi connectivity index (χ3n) is 5.16. The maximum Gasteiger partial charge on any atom is 0.226 e. The van der Waals surface area contributed by atoms with Gasteiger partial charge in [0.05, 0.1) is 22.9 Å². The van der Waals surface area contributed by atoms with Crippen molar-refractivity contribution in [3.63, 3.8) is 0 Å². The topological polar surface area (TPSA) is 79.4 Å². The van der Waals surface area contributed by atoms with Crippen LogP contribution >= 0.6 is 0 Å². The summed E-state index contributed by atoms with van der Waals surface area (Å²) < 4.78 is 24.4. The largest absolute Gasteiger partial charge is 0.370 e. The van der Waals surface area contributed by atoms with Crippen molar-refractivity contribution in [1.29, 1.82) is 0 Å². The lowest BCUT2D eigenvalue weighted by molar-refractivity contribution is -0.115. The molecule has 2 heterocycles. The fourth-order valence-corrected chi connectivity index (χ4v) is 5.51. The van der Waals surface area contributed by atoms with Crippen molar-refractivity contribution in [2.24, 2.45) is 0 Å². The second kappa shape index (κ2) is 8.17. The third-order valence-corrected chi connectivity index (χ3v) is 7.42. The molecule has 138 valence electrons. The summed E-state index contributed by atoms with van der Waals surface area (Å²) in [6.45, 7) is 2.10. The summed E-state index contributed by atoms with van der Waals surface area (Å²) >= 11 is 0. The van der Waals surface area contributed by atoms with Gasteiger partial charge in [-0.3, -0.25) is 4.79 Å². The first kappa shape index (κ1) is 18.2. The summed E-state index contributed by atoms with van der Waals surface area (Å²) in [4.78, 5) is 18.6. The molecule has 2 fully saturated rings. The Morgan fingerprint density at radius 3 is 2.48 bits per heavy atom. The molecule has 2 aliphatic rings. The van der Waals surface area contributed by atoms with Crippen molar-refractivity contribution < 1.29 is 13.2 Å². The lowest BCUT2D eigenvalue weighted by Gasteiger charge is -2.28. The van der Waals surface area contributed by atoms with Crippen LogP contribution < -0.4 is 10.2 Å². The lowest BCUT2D eigenvalue weighted by atomic mass is 10.1. The van der Waals surface area contributed by atoms with Gasteiger partial charge < -0.3 is 10.2 Å². The monoisotopic (exact) mass is 365 g/mol. The minimum Gasteiger partial charge on any atom is -0.370 e. The number of nitrogens with zero attached hydrogens (tertiary/aromatic N) is 2. The zero-order valence-electron chi connectivity index (χ0n) is 14.6. The summed E-state index contributed by atoms with van der Waals surface area (Å²) in [5.74, 6) is 0.110. The van der Waals surface area contributed by atoms with Gasteiger partial charge >= 0.3 is 0 Å². The van der Waals surface area contributed by atoms with E-state index in [-0.39, 0.29) is 23.3 Å². The zero-order chi connectivity index (χ0) is 17.7. The third kappa shape index (κ3) is 4.93. The van der Waals surface area contributed by atoms with Gasteiger partial charge in [0.15, 0.2) is 9.84 Å². The summed E-state index contributed by atoms with van der Waals surface area (Å²) in [6, 6.07) is 3.75. The maximum atomic E-state index is 12.2. The molecule has 0 bridgehead atoms. The van der Waals surface area contributed by atoms with E-state index in [9.17, 15) is 13.2 Å². The maximum absolute atomic E-state index is 12.2. The van der Waals surface area contributed by atoms with Crippen LogP contribution in [0.3, 0.4) is 0 Å². The van der Waals surface area contributed by atoms with Gasteiger partial charge in [-0.05, 0) is 44.2 Å². The molecule has 25 heavy (non-hydrogen) atoms. The molecule has 0 radical (unpaired) electrons. The van der Waals surface area contributed by atoms with Crippen molar-refractivity contribution in [2.45, 2.75) is 56.6 Å². The van der Waals surface area contributed by atoms with Crippen LogP contribution in [0.1, 0.15) is 51.4 Å². The van der Waals surface area contributed by atoms with Crippen molar-refractivity contribution >= 4 is 27.2 Å². The number of aromatic nitrogens is 1. The van der Waals surface area contributed by atoms with E-state index >= 15 is 0 Å². The molecule has 1 saturated carbocycles. The normalized spacial score (nSPS) is 19.1. The Kier molecular flexibility index (Phi) is 5.93. The average molecular weight is 365 g/mol. The summed E-state index contributed by atoms with van der Waals surface area (Å²) in [5, 5.41) is 2.45. The summed E-state index contributed by atoms with van der Waals surface area (Å²) in [6.07, 6.45) is 8.88. The molecule has 1 amide bonds. The number of nitrogens with one attached hydrogen (secondary N) is 1. The molecule has 1 aromatic heterocycles. The Bertz CT molecular complexity index is 676. The molecular formula is C18H27N3O3S. The highest BCUT2D eigenvalue weighted by Crippen LogP contribution is 2.25. The van der Waals surface area contributed by atoms with Gasteiger partial charge in [-0.25, -0.2) is 13.4 Å². The van der Waals surface area contributed by atoms with E-state index in [1.807, 2.05) is 6.07 Å². The summed E-state index contributed by atoms with van der Waals surface area (Å²) in [5.41, 5.74) is 1.07. The first-order valence-corrected chi connectivity index (χ1v) is 11.0. The highest BCUT2D eigenvalue weighted by molar-refractivity contribution is 7.92. The standard InChI is InChI=1S/C18H27N3O3S/c22-18(10-13-25(23,24)16-6-2-3-7-16)20-17-9-8-15(14-19-17)21-11-4-1-5-12-21/h8-9,14,16H,1-7,10-13H2,(H,19,20,22). The Balaban J connectivity index is 1.49. The molecule has 0 unspecified atom stereocenters. The van der Waals surface area contributed by atoms with Gasteiger partial charge in [0.1, 0.15) is 5.82 Å². The van der Waals surface area contributed by atoms with E-state index in [0.717, 1.165) is 44.5 Å². The SMILES string of the molecule is O=C(CCS(=O)(=O)C1CCCC1)Nc1ccc(N2CCCCC2)cn1. The second-order valence-electron chi connectivity index (χ2n) is 7.02. The smallest absolute Gasteiger partial charge is 0.226 e. The van der Waals surface area contributed by atoms with Gasteiger partial charge in [0, 0.05) is 19.5 Å². The van der Waals surface area contributed by atoms with Crippen molar-refractivity contribution in [3.05, 3.63) is 18.3 Å². The zero-order valence-corrected chi connectivity index (χ0v) is 15.4. The van der Waals surface area contributed by atoms with Crippen LogP contribution in [-0.2, 0) is 14.6 Å². The first-order chi connectivity index (χ1) is 12.0. The van der Waals surface area contributed by atoms with E-state index in [4.69, 9.17) is 0 Å². The van der Waals surface area contributed by atoms with Gasteiger partial charge in [-0.1, -0.05) is 12.8 Å². The molecule has 7 heteroatoms. The van der Waals surface area contributed by atoms with E-state index in [2.05, 4.69) is 15.2 Å². The van der Waals surface area contributed by atoms with Gasteiger partial charge in [-0.15, -0.1) is 0 Å². The summed E-state index contributed by atoms with van der Waals surface area (Å²) in [7, 11) is -3.16. The van der Waals surface area contributed by atoms with E-state index in [1.165, 1.54) is 19.3 Å². The number of pyridine rings is 1. The van der Waals surface area contributed by atoms with Gasteiger partial charge in [0.25, 0.3) is 0 Å². The predicted octanol–water partition coefficient (Wildman–Crippen LogP) is 2.76. The number of carbonyl (C=O) groups excluding carboxylic acids is 1. The highest BCUT2D eigenvalue weighted by atomic mass is 32.2. The second-order valence-corrected chi connectivity index (χ2v) is 9.42. The highest BCUT2D eigenvalue weighted by Gasteiger charge is 2.28. The lowest BCUT2D eigenvalue weighted by Crippen LogP contribution is -2.29. The number of anilines is 2. The van der Waals surface area contributed by atoms with E-state index in [1.54, 1.807) is 12.3 Å². The molecule has 0 spiro atoms. The van der Waals surface area contributed by atoms with Crippen LogP contribution in [0.25, 0.3) is 0 Å². The van der Waals surface area contributed by atoms with E-state index < -0.39 is 9.84 Å². The minimum absolute atomic E-state index is 0.00557. The molecule has 1 aliphatic carbocycles. The molecule has 1 aromatic rings. The van der Waals surface area contributed by atoms with Crippen LogP contribution in [0.2, 0.25) is 0 Å². The fraction of sp³-hybridized carbons (Fsp3) is 0.667. The quantitative estimate of drug-likeness (QED) is 0.838. The molecular weight excluding hydrogens is 338 g/mol. The Labute approximate surface area is 149 Å². The van der Waals surface area contributed by atoms with Gasteiger partial charge in [-0.2, -0.15) is 0 Å². The Hall–Kier alpha value is -1.63. The van der Waals surface area contributed by atoms with Crippen LogP contribution in [0, 0.1) is 0 Å². The molecule has 6 nitrogen and oxygen atoms in total. The Morgan fingerprint density at radius 1 is 1.12 bits per heavy atom. The molecule has 1 N–H and O–H groups in total. The van der Waals surface area contributed by atoms with Crippen molar-refractivity contribution in [3.8, 4) is 0 Å². The van der Waals surface area contributed by atoms with Crippen LogP contribution in [0.15, 0.2) is 18.3 Å². The number of sulfone groups is 1. The molecule has 3 rings (SSSR count). The van der Waals surface area contributed by atoms with Gasteiger partial charge in [0.2, 0.25) is 5.91 Å². The van der Waals surface area contributed by atoms with Crippen molar-refractivity contribution in [1.82, 2.24) is 4.98 Å². The average Bonchev–Trinajstić information content (AvgIpc) is 3.17. The van der Waals surface area contributed by atoms with Crippen molar-refractivity contribution in [2.75, 3.05) is 29.1 Å². The molecule has 1 aliphatic heterocycles. The van der Waals surface area contributed by atoms with Crippen LogP contribution in [0.4, 0.5) is 11.5 Å². The number of piperidine rings is 1. The number of amides is 1. The molecule has 1 saturated heterocycles. The number of carbonyl (C=O) groups is 1. The van der Waals surface area contributed by atoms with Crippen LogP contribution in [-0.4, -0.2) is 43.4 Å². The fourth-order valence-electron chi connectivity index (χ4n) is 3.65. The Morgan fingerprint density at radius 2 is 1.84 bits per heavy atom. The number of rotatable bonds is 6. The van der Waals surface area contributed by atoms with Crippen LogP contribution in [0.5, 0.6) is 0 Å². The predicted molar refractivity (Wildman–Crippen MR) is 99.6 cm³/mol. The first-order valence-electron chi connectivity index (χ1n) is 9.27.